The highest BCUT2D eigenvalue weighted by Gasteiger charge is 2.28. The summed E-state index contributed by atoms with van der Waals surface area (Å²) in [5.74, 6) is 1.85. The van der Waals surface area contributed by atoms with Gasteiger partial charge in [0.2, 0.25) is 0 Å². The number of nitrogens with one attached hydrogen (secondary N) is 1. The number of carbonyl (C=O) groups excluding carboxylic acids is 1. The van der Waals surface area contributed by atoms with Gasteiger partial charge in [-0.15, -0.1) is 0 Å². The fourth-order valence-corrected chi connectivity index (χ4v) is 4.36. The maximum atomic E-state index is 13.0. The van der Waals surface area contributed by atoms with Crippen molar-refractivity contribution in [2.75, 3.05) is 36.4 Å². The van der Waals surface area contributed by atoms with Crippen molar-refractivity contribution >= 4 is 44.5 Å². The molecule has 0 bridgehead atoms. The van der Waals surface area contributed by atoms with Gasteiger partial charge >= 0.3 is 0 Å². The lowest BCUT2D eigenvalue weighted by Gasteiger charge is -2.36. The molecule has 1 saturated heterocycles. The SMILES string of the molecule is Cc1cc(Br)ccc1C(=O)N1CCN(c2nc3ccccc3nc2NC2CC2)CC1. The van der Waals surface area contributed by atoms with Gasteiger partial charge in [-0.25, -0.2) is 9.97 Å². The molecular weight excluding hydrogens is 442 g/mol. The van der Waals surface area contributed by atoms with Crippen molar-refractivity contribution in [3.63, 3.8) is 0 Å². The van der Waals surface area contributed by atoms with E-state index < -0.39 is 0 Å². The summed E-state index contributed by atoms with van der Waals surface area (Å²) in [5, 5.41) is 3.55. The molecule has 1 aliphatic heterocycles. The maximum Gasteiger partial charge on any atom is 0.254 e. The number of benzene rings is 2. The Labute approximate surface area is 184 Å². The van der Waals surface area contributed by atoms with Crippen LogP contribution in [0, 0.1) is 6.92 Å². The Balaban J connectivity index is 1.36. The van der Waals surface area contributed by atoms with Gasteiger partial charge in [-0.3, -0.25) is 4.79 Å². The van der Waals surface area contributed by atoms with Crippen LogP contribution in [0.1, 0.15) is 28.8 Å². The molecule has 3 aromatic rings. The van der Waals surface area contributed by atoms with E-state index in [1.807, 2.05) is 54.3 Å². The first-order chi connectivity index (χ1) is 14.6. The third-order valence-electron chi connectivity index (χ3n) is 5.76. The molecule has 30 heavy (non-hydrogen) atoms. The van der Waals surface area contributed by atoms with Gasteiger partial charge in [0.05, 0.1) is 11.0 Å². The van der Waals surface area contributed by atoms with Gasteiger partial charge in [-0.2, -0.15) is 0 Å². The van der Waals surface area contributed by atoms with Crippen molar-refractivity contribution in [1.29, 1.82) is 0 Å². The zero-order valence-electron chi connectivity index (χ0n) is 16.9. The van der Waals surface area contributed by atoms with Gasteiger partial charge in [-0.05, 0) is 55.7 Å². The van der Waals surface area contributed by atoms with Gasteiger partial charge in [0.25, 0.3) is 5.91 Å². The molecule has 5 rings (SSSR count). The first kappa shape index (κ1) is 19.3. The van der Waals surface area contributed by atoms with E-state index in [-0.39, 0.29) is 5.91 Å². The van der Waals surface area contributed by atoms with E-state index in [0.29, 0.717) is 19.1 Å². The smallest absolute Gasteiger partial charge is 0.254 e. The van der Waals surface area contributed by atoms with Gasteiger partial charge < -0.3 is 15.1 Å². The highest BCUT2D eigenvalue weighted by Crippen LogP contribution is 2.31. The molecule has 1 aliphatic carbocycles. The first-order valence-electron chi connectivity index (χ1n) is 10.4. The topological polar surface area (TPSA) is 61.4 Å². The minimum Gasteiger partial charge on any atom is -0.364 e. The van der Waals surface area contributed by atoms with E-state index in [1.54, 1.807) is 0 Å². The number of fused-ring (bicyclic) bond motifs is 1. The summed E-state index contributed by atoms with van der Waals surface area (Å²) in [6, 6.07) is 14.3. The molecular formula is C23H24BrN5O. The molecule has 2 aromatic carbocycles. The summed E-state index contributed by atoms with van der Waals surface area (Å²) in [5.41, 5.74) is 3.57. The summed E-state index contributed by atoms with van der Waals surface area (Å²) in [4.78, 5) is 27.0. The predicted octanol–water partition coefficient (Wildman–Crippen LogP) is 4.24. The van der Waals surface area contributed by atoms with Gasteiger partial charge in [0, 0.05) is 42.3 Å². The Kier molecular flexibility index (Phi) is 5.06. The Morgan fingerprint density at radius 3 is 2.40 bits per heavy atom. The highest BCUT2D eigenvalue weighted by atomic mass is 79.9. The maximum absolute atomic E-state index is 13.0. The number of rotatable bonds is 4. The average molecular weight is 466 g/mol. The van der Waals surface area contributed by atoms with Crippen LogP contribution in [0.15, 0.2) is 46.9 Å². The van der Waals surface area contributed by atoms with Crippen LogP contribution in [0.3, 0.4) is 0 Å². The summed E-state index contributed by atoms with van der Waals surface area (Å²) in [6.45, 7) is 4.81. The van der Waals surface area contributed by atoms with E-state index >= 15 is 0 Å². The predicted molar refractivity (Wildman–Crippen MR) is 123 cm³/mol. The van der Waals surface area contributed by atoms with Crippen LogP contribution < -0.4 is 10.2 Å². The monoisotopic (exact) mass is 465 g/mol. The molecule has 0 unspecified atom stereocenters. The number of aromatic nitrogens is 2. The molecule has 6 nitrogen and oxygen atoms in total. The highest BCUT2D eigenvalue weighted by molar-refractivity contribution is 9.10. The summed E-state index contributed by atoms with van der Waals surface area (Å²) in [6.07, 6.45) is 2.37. The van der Waals surface area contributed by atoms with Crippen molar-refractivity contribution in [1.82, 2.24) is 14.9 Å². The number of halogens is 1. The molecule has 0 spiro atoms. The van der Waals surface area contributed by atoms with Crippen molar-refractivity contribution in [3.05, 3.63) is 58.1 Å². The Bertz CT molecular complexity index is 1110. The quantitative estimate of drug-likeness (QED) is 0.624. The van der Waals surface area contributed by atoms with E-state index in [4.69, 9.17) is 9.97 Å². The van der Waals surface area contributed by atoms with E-state index in [9.17, 15) is 4.79 Å². The molecule has 1 aromatic heterocycles. The lowest BCUT2D eigenvalue weighted by atomic mass is 10.1. The minimum absolute atomic E-state index is 0.0978. The molecule has 2 fully saturated rings. The number of nitrogens with zero attached hydrogens (tertiary/aromatic N) is 4. The number of aryl methyl sites for hydroxylation is 1. The van der Waals surface area contributed by atoms with Crippen LogP contribution in [0.4, 0.5) is 11.6 Å². The van der Waals surface area contributed by atoms with Gasteiger partial charge in [0.1, 0.15) is 0 Å². The molecule has 154 valence electrons. The Morgan fingerprint density at radius 2 is 1.73 bits per heavy atom. The largest absolute Gasteiger partial charge is 0.364 e. The van der Waals surface area contributed by atoms with E-state index in [2.05, 4.69) is 26.1 Å². The van der Waals surface area contributed by atoms with Crippen LogP contribution in [-0.2, 0) is 0 Å². The Morgan fingerprint density at radius 1 is 1.03 bits per heavy atom. The number of hydrogen-bond donors (Lipinski definition) is 1. The van der Waals surface area contributed by atoms with Crippen molar-refractivity contribution in [3.8, 4) is 0 Å². The van der Waals surface area contributed by atoms with Crippen LogP contribution in [0.2, 0.25) is 0 Å². The van der Waals surface area contributed by atoms with Crippen LogP contribution >= 0.6 is 15.9 Å². The second-order valence-corrected chi connectivity index (χ2v) is 8.96. The van der Waals surface area contributed by atoms with Crippen molar-refractivity contribution in [2.45, 2.75) is 25.8 Å². The summed E-state index contributed by atoms with van der Waals surface area (Å²) < 4.78 is 0.993. The van der Waals surface area contributed by atoms with Gasteiger partial charge in [-0.1, -0.05) is 28.1 Å². The fourth-order valence-electron chi connectivity index (χ4n) is 3.89. The number of amides is 1. The standard InChI is InChI=1S/C23H24BrN5O/c1-15-14-16(24)6-9-18(15)23(30)29-12-10-28(11-13-29)22-21(25-17-7-8-17)26-19-4-2-3-5-20(19)27-22/h2-6,9,14,17H,7-8,10-13H2,1H3,(H,25,26). The molecule has 0 atom stereocenters. The van der Waals surface area contributed by atoms with Crippen LogP contribution in [0.5, 0.6) is 0 Å². The van der Waals surface area contributed by atoms with Crippen molar-refractivity contribution < 1.29 is 4.79 Å². The number of carbonyl (C=O) groups is 1. The van der Waals surface area contributed by atoms with Gasteiger partial charge in [0.15, 0.2) is 11.6 Å². The molecule has 1 saturated carbocycles. The second kappa shape index (κ2) is 7.87. The van der Waals surface area contributed by atoms with Crippen molar-refractivity contribution in [2.24, 2.45) is 0 Å². The normalized spacial score (nSPS) is 16.7. The molecule has 2 aliphatic rings. The molecule has 0 radical (unpaired) electrons. The van der Waals surface area contributed by atoms with Crippen LogP contribution in [-0.4, -0.2) is 53.0 Å². The number of piperazine rings is 1. The Hall–Kier alpha value is -2.67. The fraction of sp³-hybridized carbons (Fsp3) is 0.348. The average Bonchev–Trinajstić information content (AvgIpc) is 3.57. The second-order valence-electron chi connectivity index (χ2n) is 8.04. The molecule has 7 heteroatoms. The lowest BCUT2D eigenvalue weighted by molar-refractivity contribution is 0.0746. The van der Waals surface area contributed by atoms with Crippen LogP contribution in [0.25, 0.3) is 11.0 Å². The minimum atomic E-state index is 0.0978. The number of para-hydroxylation sites is 2. The molecule has 2 heterocycles. The number of hydrogen-bond acceptors (Lipinski definition) is 5. The first-order valence-corrected chi connectivity index (χ1v) is 11.2. The lowest BCUT2D eigenvalue weighted by Crippen LogP contribution is -2.49. The van der Waals surface area contributed by atoms with E-state index in [1.165, 1.54) is 12.8 Å². The summed E-state index contributed by atoms with van der Waals surface area (Å²) >= 11 is 3.47. The zero-order valence-corrected chi connectivity index (χ0v) is 18.5. The zero-order chi connectivity index (χ0) is 20.7. The number of anilines is 2. The summed E-state index contributed by atoms with van der Waals surface area (Å²) in [7, 11) is 0. The molecule has 1 N–H and O–H groups in total. The van der Waals surface area contributed by atoms with E-state index in [0.717, 1.165) is 51.4 Å². The third kappa shape index (κ3) is 3.86. The molecule has 1 amide bonds. The third-order valence-corrected chi connectivity index (χ3v) is 6.25.